The lowest BCUT2D eigenvalue weighted by atomic mass is 10.2. The molecule has 1 aromatic carbocycles. The molecule has 0 unspecified atom stereocenters. The van der Waals surface area contributed by atoms with Crippen LogP contribution < -0.4 is 15.5 Å². The van der Waals surface area contributed by atoms with Crippen LogP contribution in [-0.2, 0) is 9.59 Å². The normalized spacial score (nSPS) is 14.1. The van der Waals surface area contributed by atoms with Crippen LogP contribution in [0.25, 0.3) is 0 Å². The smallest absolute Gasteiger partial charge is 0.243 e. The number of hydrogen-bond donors (Lipinski definition) is 2. The van der Waals surface area contributed by atoms with E-state index in [4.69, 9.17) is 0 Å². The van der Waals surface area contributed by atoms with Crippen LogP contribution in [0.5, 0.6) is 0 Å². The highest BCUT2D eigenvalue weighted by Gasteiger charge is 2.20. The van der Waals surface area contributed by atoms with E-state index >= 15 is 0 Å². The van der Waals surface area contributed by atoms with E-state index in [2.05, 4.69) is 32.7 Å². The summed E-state index contributed by atoms with van der Waals surface area (Å²) < 4.78 is 0. The average molecular weight is 516 g/mol. The van der Waals surface area contributed by atoms with Crippen molar-refractivity contribution in [1.82, 2.24) is 20.4 Å². The van der Waals surface area contributed by atoms with E-state index in [1.165, 1.54) is 10.6 Å². The van der Waals surface area contributed by atoms with E-state index in [1.54, 1.807) is 14.1 Å². The molecule has 0 bridgehead atoms. The topological polar surface area (TPSA) is 80.3 Å². The van der Waals surface area contributed by atoms with Crippen molar-refractivity contribution < 1.29 is 9.59 Å². The van der Waals surface area contributed by atoms with Gasteiger partial charge in [-0.3, -0.25) is 9.59 Å². The number of likely N-dealkylation sites (N-methyl/N-ethyl adjacent to an activating group) is 1. The maximum Gasteiger partial charge on any atom is 0.243 e. The van der Waals surface area contributed by atoms with Crippen LogP contribution in [0.3, 0.4) is 0 Å². The average Bonchev–Trinajstić information content (AvgIpc) is 2.72. The number of aliphatic imine (C=N–C) groups is 1. The van der Waals surface area contributed by atoms with Gasteiger partial charge < -0.3 is 25.3 Å². The van der Waals surface area contributed by atoms with Gasteiger partial charge >= 0.3 is 0 Å². The summed E-state index contributed by atoms with van der Waals surface area (Å²) >= 11 is 0. The van der Waals surface area contributed by atoms with Crippen molar-refractivity contribution in [3.63, 3.8) is 0 Å². The summed E-state index contributed by atoms with van der Waals surface area (Å²) in [6.07, 6.45) is 0.400. The van der Waals surface area contributed by atoms with Gasteiger partial charge in [-0.15, -0.1) is 24.0 Å². The Morgan fingerprint density at radius 3 is 2.31 bits per heavy atom. The first kappa shape index (κ1) is 25.0. The Morgan fingerprint density at radius 1 is 1.07 bits per heavy atom. The summed E-state index contributed by atoms with van der Waals surface area (Å²) in [5.74, 6) is 0.629. The predicted molar refractivity (Wildman–Crippen MR) is 128 cm³/mol. The zero-order chi connectivity index (χ0) is 20.4. The van der Waals surface area contributed by atoms with Crippen molar-refractivity contribution in [2.24, 2.45) is 4.99 Å². The molecule has 1 heterocycles. The minimum Gasteiger partial charge on any atom is -0.368 e. The fourth-order valence-electron chi connectivity index (χ4n) is 2.93. The molecular formula is C20H33IN6O2. The summed E-state index contributed by atoms with van der Waals surface area (Å²) in [4.78, 5) is 34.1. The number of carbonyl (C=O) groups is 2. The van der Waals surface area contributed by atoms with Gasteiger partial charge in [0.2, 0.25) is 11.8 Å². The molecule has 1 aliphatic heterocycles. The number of anilines is 1. The molecule has 2 rings (SSSR count). The van der Waals surface area contributed by atoms with Gasteiger partial charge in [0.25, 0.3) is 0 Å². The molecule has 2 amide bonds. The van der Waals surface area contributed by atoms with E-state index in [-0.39, 0.29) is 42.3 Å². The van der Waals surface area contributed by atoms with Gasteiger partial charge in [-0.2, -0.15) is 0 Å². The van der Waals surface area contributed by atoms with Crippen LogP contribution in [-0.4, -0.2) is 87.5 Å². The van der Waals surface area contributed by atoms with Gasteiger partial charge in [0.05, 0.1) is 0 Å². The number of benzene rings is 1. The Morgan fingerprint density at radius 2 is 1.72 bits per heavy atom. The van der Waals surface area contributed by atoms with Gasteiger partial charge in [0.1, 0.15) is 6.54 Å². The molecule has 0 aliphatic carbocycles. The van der Waals surface area contributed by atoms with Gasteiger partial charge in [0.15, 0.2) is 5.96 Å². The molecule has 0 saturated carbocycles. The molecular weight excluding hydrogens is 483 g/mol. The Balaban J connectivity index is 0.00000420. The number of amides is 2. The second-order valence-electron chi connectivity index (χ2n) is 6.86. The summed E-state index contributed by atoms with van der Waals surface area (Å²) in [6, 6.07) is 10.3. The first-order chi connectivity index (χ1) is 13.5. The van der Waals surface area contributed by atoms with E-state index < -0.39 is 0 Å². The number of piperazine rings is 1. The van der Waals surface area contributed by atoms with Crippen molar-refractivity contribution >= 4 is 47.4 Å². The van der Waals surface area contributed by atoms with Crippen molar-refractivity contribution in [1.29, 1.82) is 0 Å². The van der Waals surface area contributed by atoms with Gasteiger partial charge in [-0.05, 0) is 19.1 Å². The largest absolute Gasteiger partial charge is 0.368 e. The minimum absolute atomic E-state index is 0. The second kappa shape index (κ2) is 13.2. The predicted octanol–water partition coefficient (Wildman–Crippen LogP) is 0.987. The fraction of sp³-hybridized carbons (Fsp3) is 0.550. The van der Waals surface area contributed by atoms with Gasteiger partial charge in [0, 0.05) is 65.5 Å². The Bertz CT molecular complexity index is 660. The first-order valence-corrected chi connectivity index (χ1v) is 9.81. The molecule has 1 saturated heterocycles. The van der Waals surface area contributed by atoms with Crippen LogP contribution in [0.15, 0.2) is 35.3 Å². The molecule has 29 heavy (non-hydrogen) atoms. The SMILES string of the molecule is CCNC(=NCC(=O)N(C)C)NCCC(=O)N1CCN(c2ccccc2)CC1.I. The van der Waals surface area contributed by atoms with Crippen molar-refractivity contribution in [2.45, 2.75) is 13.3 Å². The zero-order valence-corrected chi connectivity index (χ0v) is 19.9. The summed E-state index contributed by atoms with van der Waals surface area (Å²) in [7, 11) is 3.41. The summed E-state index contributed by atoms with van der Waals surface area (Å²) in [5.41, 5.74) is 1.20. The van der Waals surface area contributed by atoms with Crippen LogP contribution in [0, 0.1) is 0 Å². The quantitative estimate of drug-likeness (QED) is 0.321. The number of hydrogen-bond acceptors (Lipinski definition) is 4. The number of para-hydroxylation sites is 1. The zero-order valence-electron chi connectivity index (χ0n) is 17.6. The molecule has 0 radical (unpaired) electrons. The standard InChI is InChI=1S/C20H32N6O2.HI/c1-4-21-20(23-16-19(28)24(2)3)22-11-10-18(27)26-14-12-25(13-15-26)17-8-6-5-7-9-17;/h5-9H,4,10-16H2,1-3H3,(H2,21,22,23);1H. The molecule has 1 fully saturated rings. The Hall–Kier alpha value is -2.04. The lowest BCUT2D eigenvalue weighted by molar-refractivity contribution is -0.131. The summed E-state index contributed by atoms with van der Waals surface area (Å²) in [6.45, 7) is 6.38. The third-order valence-electron chi connectivity index (χ3n) is 4.60. The third kappa shape index (κ3) is 8.46. The first-order valence-electron chi connectivity index (χ1n) is 9.81. The van der Waals surface area contributed by atoms with Crippen LogP contribution in [0.2, 0.25) is 0 Å². The number of nitrogens with one attached hydrogen (secondary N) is 2. The highest BCUT2D eigenvalue weighted by Crippen LogP contribution is 2.15. The molecule has 1 aliphatic rings. The fourth-order valence-corrected chi connectivity index (χ4v) is 2.93. The monoisotopic (exact) mass is 516 g/mol. The Labute approximate surface area is 190 Å². The Kier molecular flexibility index (Phi) is 11.4. The van der Waals surface area contributed by atoms with Gasteiger partial charge in [-0.25, -0.2) is 4.99 Å². The van der Waals surface area contributed by atoms with Crippen molar-refractivity contribution in [2.75, 3.05) is 64.8 Å². The molecule has 2 N–H and O–H groups in total. The number of rotatable bonds is 7. The second-order valence-corrected chi connectivity index (χ2v) is 6.86. The van der Waals surface area contributed by atoms with E-state index in [0.717, 1.165) is 26.2 Å². The maximum atomic E-state index is 12.5. The van der Waals surface area contributed by atoms with Crippen LogP contribution in [0.1, 0.15) is 13.3 Å². The number of halogens is 1. The third-order valence-corrected chi connectivity index (χ3v) is 4.60. The lowest BCUT2D eigenvalue weighted by Crippen LogP contribution is -2.49. The number of guanidine groups is 1. The molecule has 0 aromatic heterocycles. The van der Waals surface area contributed by atoms with E-state index in [0.29, 0.717) is 25.5 Å². The molecule has 162 valence electrons. The van der Waals surface area contributed by atoms with Crippen LogP contribution >= 0.6 is 24.0 Å². The van der Waals surface area contributed by atoms with Crippen molar-refractivity contribution in [3.05, 3.63) is 30.3 Å². The van der Waals surface area contributed by atoms with Crippen LogP contribution in [0.4, 0.5) is 5.69 Å². The number of nitrogens with zero attached hydrogens (tertiary/aromatic N) is 4. The molecule has 8 nitrogen and oxygen atoms in total. The molecule has 0 spiro atoms. The maximum absolute atomic E-state index is 12.5. The summed E-state index contributed by atoms with van der Waals surface area (Å²) in [5, 5.41) is 6.22. The highest BCUT2D eigenvalue weighted by atomic mass is 127. The molecule has 1 aromatic rings. The van der Waals surface area contributed by atoms with E-state index in [9.17, 15) is 9.59 Å². The molecule has 9 heteroatoms. The molecule has 0 atom stereocenters. The number of carbonyl (C=O) groups excluding carboxylic acids is 2. The van der Waals surface area contributed by atoms with Crippen molar-refractivity contribution in [3.8, 4) is 0 Å². The minimum atomic E-state index is -0.0652. The van der Waals surface area contributed by atoms with E-state index in [1.807, 2.05) is 30.0 Å². The van der Waals surface area contributed by atoms with Gasteiger partial charge in [-0.1, -0.05) is 18.2 Å². The lowest BCUT2D eigenvalue weighted by Gasteiger charge is -2.36. The highest BCUT2D eigenvalue weighted by molar-refractivity contribution is 14.0.